The van der Waals surface area contributed by atoms with E-state index < -0.39 is 0 Å². The molecule has 0 amide bonds. The van der Waals surface area contributed by atoms with Gasteiger partial charge in [-0.3, -0.25) is 0 Å². The lowest BCUT2D eigenvalue weighted by molar-refractivity contribution is 0.224. The van der Waals surface area contributed by atoms with Crippen LogP contribution < -0.4 is 5.73 Å². The van der Waals surface area contributed by atoms with Crippen molar-refractivity contribution < 1.29 is 0 Å². The van der Waals surface area contributed by atoms with Gasteiger partial charge in [-0.25, -0.2) is 0 Å². The molecule has 2 atom stereocenters. The molecule has 2 aliphatic carbocycles. The van der Waals surface area contributed by atoms with Crippen molar-refractivity contribution in [3.05, 3.63) is 0 Å². The van der Waals surface area contributed by atoms with Crippen LogP contribution in [0.5, 0.6) is 0 Å². The molecule has 2 N–H and O–H groups in total. The lowest BCUT2D eigenvalue weighted by atomic mass is 9.77. The van der Waals surface area contributed by atoms with Gasteiger partial charge in [0.05, 0.1) is 0 Å². The standard InChI is InChI=1S/C10H19N/c11-10-8-4-1-2-5-9(10)7-3-6-8/h8-10H,1-7,11H2. The maximum atomic E-state index is 6.18. The van der Waals surface area contributed by atoms with Crippen LogP contribution in [0, 0.1) is 11.8 Å². The molecule has 0 aromatic carbocycles. The summed E-state index contributed by atoms with van der Waals surface area (Å²) in [7, 11) is 0. The lowest BCUT2D eigenvalue weighted by Gasteiger charge is -2.33. The van der Waals surface area contributed by atoms with Gasteiger partial charge in [0.1, 0.15) is 0 Å². The monoisotopic (exact) mass is 153 g/mol. The van der Waals surface area contributed by atoms with Gasteiger partial charge >= 0.3 is 0 Å². The molecular formula is C10H19N. The second kappa shape index (κ2) is 3.14. The third kappa shape index (κ3) is 1.44. The Labute approximate surface area is 69.4 Å². The Morgan fingerprint density at radius 2 is 1.18 bits per heavy atom. The number of hydrogen-bond acceptors (Lipinski definition) is 1. The molecule has 0 radical (unpaired) electrons. The molecule has 2 aliphatic rings. The third-order valence-electron chi connectivity index (χ3n) is 3.64. The molecule has 2 saturated carbocycles. The highest BCUT2D eigenvalue weighted by Gasteiger charge is 2.31. The number of nitrogens with two attached hydrogens (primary N) is 1. The highest BCUT2D eigenvalue weighted by Crippen LogP contribution is 2.37. The van der Waals surface area contributed by atoms with E-state index in [-0.39, 0.29) is 0 Å². The van der Waals surface area contributed by atoms with Gasteiger partial charge in [-0.05, 0) is 37.5 Å². The first kappa shape index (κ1) is 7.60. The van der Waals surface area contributed by atoms with Gasteiger partial charge in [0.15, 0.2) is 0 Å². The minimum absolute atomic E-state index is 0.561. The van der Waals surface area contributed by atoms with Gasteiger partial charge in [-0.2, -0.15) is 0 Å². The molecule has 0 heterocycles. The molecule has 0 aromatic heterocycles. The Balaban J connectivity index is 2.06. The molecule has 2 fully saturated rings. The van der Waals surface area contributed by atoms with Crippen LogP contribution in [0.2, 0.25) is 0 Å². The van der Waals surface area contributed by atoms with E-state index in [0.717, 1.165) is 11.8 Å². The predicted octanol–water partition coefficient (Wildman–Crippen LogP) is 2.30. The largest absolute Gasteiger partial charge is 0.327 e. The topological polar surface area (TPSA) is 26.0 Å². The predicted molar refractivity (Wildman–Crippen MR) is 47.3 cm³/mol. The Bertz CT molecular complexity index is 119. The average molecular weight is 153 g/mol. The SMILES string of the molecule is NC1C2CCCCC1CCC2. The molecular weight excluding hydrogens is 134 g/mol. The Hall–Kier alpha value is -0.0400. The van der Waals surface area contributed by atoms with E-state index in [1.807, 2.05) is 0 Å². The minimum Gasteiger partial charge on any atom is -0.327 e. The van der Waals surface area contributed by atoms with Crippen molar-refractivity contribution in [1.29, 1.82) is 0 Å². The van der Waals surface area contributed by atoms with Crippen molar-refractivity contribution >= 4 is 0 Å². The van der Waals surface area contributed by atoms with Crippen LogP contribution in [0.1, 0.15) is 44.9 Å². The van der Waals surface area contributed by atoms with Crippen molar-refractivity contribution in [2.45, 2.75) is 51.0 Å². The molecule has 1 heteroatoms. The first-order valence-corrected chi connectivity index (χ1v) is 5.13. The average Bonchev–Trinajstić information content (AvgIpc) is 2.17. The Morgan fingerprint density at radius 3 is 1.73 bits per heavy atom. The summed E-state index contributed by atoms with van der Waals surface area (Å²) in [5, 5.41) is 0. The van der Waals surface area contributed by atoms with Crippen molar-refractivity contribution in [3.63, 3.8) is 0 Å². The summed E-state index contributed by atoms with van der Waals surface area (Å²) in [6, 6.07) is 0.561. The Kier molecular flexibility index (Phi) is 2.17. The molecule has 0 aromatic rings. The van der Waals surface area contributed by atoms with Gasteiger partial charge in [-0.1, -0.05) is 19.3 Å². The van der Waals surface area contributed by atoms with Crippen LogP contribution in [0.3, 0.4) is 0 Å². The highest BCUT2D eigenvalue weighted by atomic mass is 14.7. The van der Waals surface area contributed by atoms with Crippen LogP contribution >= 0.6 is 0 Å². The first-order chi connectivity index (χ1) is 5.38. The second-order valence-electron chi connectivity index (χ2n) is 4.31. The third-order valence-corrected chi connectivity index (χ3v) is 3.64. The fraction of sp³-hybridized carbons (Fsp3) is 1.00. The van der Waals surface area contributed by atoms with Gasteiger partial charge in [0, 0.05) is 6.04 Å². The van der Waals surface area contributed by atoms with Crippen molar-refractivity contribution in [2.24, 2.45) is 17.6 Å². The summed E-state index contributed by atoms with van der Waals surface area (Å²) < 4.78 is 0. The zero-order chi connectivity index (χ0) is 7.68. The molecule has 0 spiro atoms. The lowest BCUT2D eigenvalue weighted by Crippen LogP contribution is -2.39. The zero-order valence-corrected chi connectivity index (χ0v) is 7.26. The zero-order valence-electron chi connectivity index (χ0n) is 7.26. The maximum absolute atomic E-state index is 6.18. The minimum atomic E-state index is 0.561. The highest BCUT2D eigenvalue weighted by molar-refractivity contribution is 4.87. The molecule has 2 unspecified atom stereocenters. The molecule has 11 heavy (non-hydrogen) atoms. The summed E-state index contributed by atoms with van der Waals surface area (Å²) >= 11 is 0. The summed E-state index contributed by atoms with van der Waals surface area (Å²) in [5.41, 5.74) is 6.18. The van der Waals surface area contributed by atoms with E-state index in [2.05, 4.69) is 0 Å². The van der Waals surface area contributed by atoms with Crippen molar-refractivity contribution in [3.8, 4) is 0 Å². The molecule has 64 valence electrons. The number of rotatable bonds is 0. The van der Waals surface area contributed by atoms with Crippen LogP contribution in [0.15, 0.2) is 0 Å². The fourth-order valence-electron chi connectivity index (χ4n) is 2.90. The molecule has 2 bridgehead atoms. The number of fused-ring (bicyclic) bond motifs is 2. The fourth-order valence-corrected chi connectivity index (χ4v) is 2.90. The van der Waals surface area contributed by atoms with E-state index >= 15 is 0 Å². The normalized spacial score (nSPS) is 45.0. The maximum Gasteiger partial charge on any atom is 0.00956 e. The van der Waals surface area contributed by atoms with Crippen LogP contribution in [0.25, 0.3) is 0 Å². The van der Waals surface area contributed by atoms with E-state index in [4.69, 9.17) is 5.73 Å². The molecule has 1 nitrogen and oxygen atoms in total. The van der Waals surface area contributed by atoms with Crippen LogP contribution in [0.4, 0.5) is 0 Å². The molecule has 0 saturated heterocycles. The van der Waals surface area contributed by atoms with Gasteiger partial charge in [0.25, 0.3) is 0 Å². The van der Waals surface area contributed by atoms with Gasteiger partial charge in [-0.15, -0.1) is 0 Å². The molecule has 2 rings (SSSR count). The van der Waals surface area contributed by atoms with E-state index in [9.17, 15) is 0 Å². The van der Waals surface area contributed by atoms with E-state index in [0.29, 0.717) is 6.04 Å². The second-order valence-corrected chi connectivity index (χ2v) is 4.31. The van der Waals surface area contributed by atoms with Crippen LogP contribution in [-0.2, 0) is 0 Å². The Morgan fingerprint density at radius 1 is 0.727 bits per heavy atom. The van der Waals surface area contributed by atoms with E-state index in [1.165, 1.54) is 44.9 Å². The van der Waals surface area contributed by atoms with Crippen LogP contribution in [-0.4, -0.2) is 6.04 Å². The molecule has 0 aliphatic heterocycles. The summed E-state index contributed by atoms with van der Waals surface area (Å²) in [4.78, 5) is 0. The van der Waals surface area contributed by atoms with E-state index in [1.54, 1.807) is 0 Å². The van der Waals surface area contributed by atoms with Gasteiger partial charge < -0.3 is 5.73 Å². The first-order valence-electron chi connectivity index (χ1n) is 5.13. The summed E-state index contributed by atoms with van der Waals surface area (Å²) in [6.45, 7) is 0. The van der Waals surface area contributed by atoms with Gasteiger partial charge in [0.2, 0.25) is 0 Å². The van der Waals surface area contributed by atoms with Crippen molar-refractivity contribution in [2.75, 3.05) is 0 Å². The summed E-state index contributed by atoms with van der Waals surface area (Å²) in [5.74, 6) is 1.77. The quantitative estimate of drug-likeness (QED) is 0.568. The van der Waals surface area contributed by atoms with Crippen molar-refractivity contribution in [1.82, 2.24) is 0 Å². The smallest absolute Gasteiger partial charge is 0.00956 e. The number of hydrogen-bond donors (Lipinski definition) is 1. The summed E-state index contributed by atoms with van der Waals surface area (Å²) in [6.07, 6.45) is 9.98.